The minimum atomic E-state index is -1.78. The molecule has 0 heterocycles. The molecule has 3 rings (SSSR count). The zero-order valence-corrected chi connectivity index (χ0v) is 18.4. The molecule has 0 aliphatic heterocycles. The van der Waals surface area contributed by atoms with Crippen LogP contribution in [0.4, 0.5) is 0 Å². The molecule has 0 aliphatic rings. The summed E-state index contributed by atoms with van der Waals surface area (Å²) < 4.78 is 0. The minimum absolute atomic E-state index is 0. The third kappa shape index (κ3) is 5.18. The van der Waals surface area contributed by atoms with Crippen LogP contribution in [0.3, 0.4) is 0 Å². The average Bonchev–Trinajstić information content (AvgIpc) is 2.73. The summed E-state index contributed by atoms with van der Waals surface area (Å²) in [6.07, 6.45) is 7.42. The number of allylic oxidation sites excluding steroid dienone is 1. The van der Waals surface area contributed by atoms with Crippen molar-refractivity contribution in [3.8, 4) is 0 Å². The molecule has 2 heteroatoms. The number of unbranched alkanes of at least 4 members (excludes halogenated alkanes) is 3. The van der Waals surface area contributed by atoms with Gasteiger partial charge in [0.1, 0.15) is 23.2 Å². The fourth-order valence-corrected chi connectivity index (χ4v) is 7.24. The Balaban J connectivity index is 0.00000261. The van der Waals surface area contributed by atoms with Crippen molar-refractivity contribution in [1.29, 1.82) is 0 Å². The number of rotatable bonds is 8. The first-order chi connectivity index (χ1) is 12.9. The zero-order chi connectivity index (χ0) is 18.1. The van der Waals surface area contributed by atoms with E-state index < -0.39 is 7.26 Å². The molecule has 0 saturated carbocycles. The fraction of sp³-hybridized carbons (Fsp3) is 0.200. The summed E-state index contributed by atoms with van der Waals surface area (Å²) in [6, 6.07) is 33.1. The molecule has 0 N–H and O–H groups in total. The highest BCUT2D eigenvalue weighted by molar-refractivity contribution is 7.98. The predicted molar refractivity (Wildman–Crippen MR) is 118 cm³/mol. The van der Waals surface area contributed by atoms with Crippen molar-refractivity contribution in [1.82, 2.24) is 0 Å². The van der Waals surface area contributed by atoms with E-state index in [0.29, 0.717) is 0 Å². The number of hydrogen-bond donors (Lipinski definition) is 0. The Kier molecular flexibility index (Phi) is 8.98. The van der Waals surface area contributed by atoms with Gasteiger partial charge in [-0.2, -0.15) is 0 Å². The second kappa shape index (κ2) is 11.2. The second-order valence-corrected chi connectivity index (χ2v) is 9.90. The average molecular weight is 439 g/mol. The van der Waals surface area contributed by atoms with Crippen LogP contribution in [0.15, 0.2) is 103 Å². The molecule has 0 fully saturated rings. The molecule has 27 heavy (non-hydrogen) atoms. The summed E-state index contributed by atoms with van der Waals surface area (Å²) in [4.78, 5) is 0. The quantitative estimate of drug-likeness (QED) is 0.374. The van der Waals surface area contributed by atoms with Gasteiger partial charge in [-0.3, -0.25) is 0 Å². The summed E-state index contributed by atoms with van der Waals surface area (Å²) in [5.41, 5.74) is 0. The van der Waals surface area contributed by atoms with Gasteiger partial charge in [0, 0.05) is 0 Å². The summed E-state index contributed by atoms with van der Waals surface area (Å²) in [5, 5.41) is 4.26. The molecule has 0 spiro atoms. The Morgan fingerprint density at radius 1 is 0.630 bits per heavy atom. The van der Waals surface area contributed by atoms with Gasteiger partial charge < -0.3 is 17.0 Å². The lowest BCUT2D eigenvalue weighted by Crippen LogP contribution is -3.00. The van der Waals surface area contributed by atoms with E-state index in [1.54, 1.807) is 0 Å². The largest absolute Gasteiger partial charge is 1.00 e. The van der Waals surface area contributed by atoms with Crippen LogP contribution in [-0.4, -0.2) is 0 Å². The first kappa shape index (κ1) is 21.6. The highest BCUT2D eigenvalue weighted by atomic mass is 79.9. The molecule has 0 unspecified atom stereocenters. The van der Waals surface area contributed by atoms with Crippen molar-refractivity contribution in [2.75, 3.05) is 0 Å². The van der Waals surface area contributed by atoms with Crippen LogP contribution < -0.4 is 32.9 Å². The Morgan fingerprint density at radius 3 is 1.41 bits per heavy atom. The lowest BCUT2D eigenvalue weighted by molar-refractivity contribution is -0.00000515. The van der Waals surface area contributed by atoms with Gasteiger partial charge in [-0.15, -0.1) is 0 Å². The van der Waals surface area contributed by atoms with Crippen molar-refractivity contribution in [3.63, 3.8) is 0 Å². The summed E-state index contributed by atoms with van der Waals surface area (Å²) >= 11 is 0. The molecular formula is C25H28BrP. The van der Waals surface area contributed by atoms with E-state index in [1.807, 2.05) is 0 Å². The van der Waals surface area contributed by atoms with Crippen LogP contribution in [0.2, 0.25) is 0 Å². The van der Waals surface area contributed by atoms with Crippen LogP contribution in [0.5, 0.6) is 0 Å². The first-order valence-corrected chi connectivity index (χ1v) is 11.5. The van der Waals surface area contributed by atoms with E-state index in [0.717, 1.165) is 6.42 Å². The zero-order valence-electron chi connectivity index (χ0n) is 16.0. The molecule has 0 aromatic heterocycles. The van der Waals surface area contributed by atoms with E-state index in [9.17, 15) is 0 Å². The molecule has 0 amide bonds. The van der Waals surface area contributed by atoms with E-state index in [1.165, 1.54) is 35.2 Å². The van der Waals surface area contributed by atoms with E-state index in [2.05, 4.69) is 110 Å². The standard InChI is InChI=1S/C25H28P.BrH/c1-2-3-4-5-15-22-26(23-16-9-6-10-17-23,24-18-11-7-12-19-24)25-20-13-8-14-21-25;/h6-22H,2-5H2,1H3;1H/q+1;/p-1. The predicted octanol–water partition coefficient (Wildman–Crippen LogP) is 3.08. The minimum Gasteiger partial charge on any atom is -1.00 e. The van der Waals surface area contributed by atoms with Gasteiger partial charge in [-0.25, -0.2) is 0 Å². The highest BCUT2D eigenvalue weighted by Crippen LogP contribution is 2.56. The van der Waals surface area contributed by atoms with Crippen LogP contribution in [0, 0.1) is 0 Å². The van der Waals surface area contributed by atoms with Crippen LogP contribution in [0.25, 0.3) is 0 Å². The van der Waals surface area contributed by atoms with Gasteiger partial charge >= 0.3 is 0 Å². The van der Waals surface area contributed by atoms with E-state index >= 15 is 0 Å². The Morgan fingerprint density at radius 2 is 1.04 bits per heavy atom. The summed E-state index contributed by atoms with van der Waals surface area (Å²) in [7, 11) is -1.78. The third-order valence-corrected chi connectivity index (χ3v) is 8.79. The van der Waals surface area contributed by atoms with Gasteiger partial charge in [0.25, 0.3) is 0 Å². The maximum absolute atomic E-state index is 2.53. The molecule has 0 aliphatic carbocycles. The second-order valence-electron chi connectivity index (χ2n) is 6.61. The van der Waals surface area contributed by atoms with Gasteiger partial charge in [-0.05, 0) is 55.3 Å². The molecule has 140 valence electrons. The van der Waals surface area contributed by atoms with Gasteiger partial charge in [0.15, 0.2) is 0 Å². The molecule has 0 atom stereocenters. The first-order valence-electron chi connectivity index (χ1n) is 9.61. The normalized spacial score (nSPS) is 11.3. The van der Waals surface area contributed by atoms with Crippen molar-refractivity contribution in [3.05, 3.63) is 103 Å². The number of hydrogen-bond acceptors (Lipinski definition) is 0. The van der Waals surface area contributed by atoms with Crippen molar-refractivity contribution in [2.45, 2.75) is 32.6 Å². The smallest absolute Gasteiger partial charge is 0.136 e. The van der Waals surface area contributed by atoms with Gasteiger partial charge in [-0.1, -0.05) is 74.4 Å². The topological polar surface area (TPSA) is 0 Å². The Bertz CT molecular complexity index is 701. The van der Waals surface area contributed by atoms with Crippen molar-refractivity contribution in [2.24, 2.45) is 0 Å². The molecule has 0 radical (unpaired) electrons. The third-order valence-electron chi connectivity index (χ3n) is 4.79. The van der Waals surface area contributed by atoms with Crippen molar-refractivity contribution >= 4 is 23.2 Å². The summed E-state index contributed by atoms with van der Waals surface area (Å²) in [5.74, 6) is 2.53. The number of benzene rings is 3. The summed E-state index contributed by atoms with van der Waals surface area (Å²) in [6.45, 7) is 2.26. The highest BCUT2D eigenvalue weighted by Gasteiger charge is 2.42. The van der Waals surface area contributed by atoms with Crippen LogP contribution in [-0.2, 0) is 0 Å². The fourth-order valence-electron chi connectivity index (χ4n) is 3.44. The Hall–Kier alpha value is -1.69. The molecule has 0 nitrogen and oxygen atoms in total. The maximum Gasteiger partial charge on any atom is 0.136 e. The van der Waals surface area contributed by atoms with Gasteiger partial charge in [0.05, 0.1) is 5.82 Å². The Labute approximate surface area is 175 Å². The maximum atomic E-state index is 2.53. The lowest BCUT2D eigenvalue weighted by Gasteiger charge is -2.24. The van der Waals surface area contributed by atoms with Crippen LogP contribution >= 0.6 is 7.26 Å². The van der Waals surface area contributed by atoms with Gasteiger partial charge in [0.2, 0.25) is 0 Å². The molecule has 3 aromatic carbocycles. The van der Waals surface area contributed by atoms with E-state index in [-0.39, 0.29) is 17.0 Å². The molecule has 0 bridgehead atoms. The molecular weight excluding hydrogens is 411 g/mol. The molecule has 0 saturated heterocycles. The monoisotopic (exact) mass is 438 g/mol. The van der Waals surface area contributed by atoms with E-state index in [4.69, 9.17) is 0 Å². The number of halogens is 1. The lowest BCUT2D eigenvalue weighted by atomic mass is 10.2. The SMILES string of the molecule is CCCCCC=C[P+](c1ccccc1)(c1ccccc1)c1ccccc1.[Br-]. The van der Waals surface area contributed by atoms with Crippen molar-refractivity contribution < 1.29 is 17.0 Å². The van der Waals surface area contributed by atoms with Crippen LogP contribution in [0.1, 0.15) is 32.6 Å². The molecule has 3 aromatic rings.